The van der Waals surface area contributed by atoms with Crippen LogP contribution in [-0.4, -0.2) is 93.8 Å². The largest absolute Gasteiger partial charge is 0.489 e. The molecule has 0 radical (unpaired) electrons. The van der Waals surface area contributed by atoms with Gasteiger partial charge in [0.15, 0.2) is 5.75 Å². The molecule has 0 spiro atoms. The maximum absolute atomic E-state index is 12.9. The Morgan fingerprint density at radius 2 is 1.55 bits per heavy atom. The summed E-state index contributed by atoms with van der Waals surface area (Å²) in [6.07, 6.45) is 2.20. The first-order valence-corrected chi connectivity index (χ1v) is 13.1. The molecule has 0 aliphatic carbocycles. The van der Waals surface area contributed by atoms with Crippen LogP contribution >= 0.6 is 0 Å². The topological polar surface area (TPSA) is 136 Å². The van der Waals surface area contributed by atoms with E-state index in [1.165, 1.54) is 10.9 Å². The van der Waals surface area contributed by atoms with Crippen LogP contribution in [0.5, 0.6) is 5.75 Å². The van der Waals surface area contributed by atoms with Gasteiger partial charge >= 0.3 is 5.97 Å². The number of hydrogen-bond donors (Lipinski definition) is 1. The number of methoxy groups -OCH3 is 1. The van der Waals surface area contributed by atoms with Gasteiger partial charge in [0.05, 0.1) is 58.0 Å². The minimum atomic E-state index is -0.838. The molecular weight excluding hydrogens is 522 g/mol. The summed E-state index contributed by atoms with van der Waals surface area (Å²) < 4.78 is 33.7. The number of hydrogen-bond acceptors (Lipinski definition) is 10. The van der Waals surface area contributed by atoms with Gasteiger partial charge in [0.2, 0.25) is 6.41 Å². The number of carbonyl (C=O) groups is 2. The fourth-order valence-corrected chi connectivity index (χ4v) is 3.50. The summed E-state index contributed by atoms with van der Waals surface area (Å²) in [7, 11) is 3.18. The molecule has 1 unspecified atom stereocenters. The Hall–Kier alpha value is -3.32. The highest BCUT2D eigenvalue weighted by Gasteiger charge is 2.25. The van der Waals surface area contributed by atoms with Gasteiger partial charge in [0.25, 0.3) is 5.56 Å². The number of aromatic nitrogens is 2. The lowest BCUT2D eigenvalue weighted by atomic mass is 10.0. The first kappa shape index (κ1) is 32.9. The molecule has 40 heavy (non-hydrogen) atoms. The summed E-state index contributed by atoms with van der Waals surface area (Å²) in [5, 5.41) is 6.59. The SMILES string of the molecule is COCCOCCOCCOCCOc1cnn(C)c(=O)c1-c1ccc(CC(NC=O)C(=O)OC(C)(C)C)cc1. The summed E-state index contributed by atoms with van der Waals surface area (Å²) in [5.74, 6) is -0.193. The molecular formula is C28H41N3O9. The van der Waals surface area contributed by atoms with Crippen molar-refractivity contribution in [3.8, 4) is 16.9 Å². The van der Waals surface area contributed by atoms with Crippen LogP contribution in [0.4, 0.5) is 0 Å². The number of ether oxygens (including phenoxy) is 6. The second-order valence-electron chi connectivity index (χ2n) is 9.76. The van der Waals surface area contributed by atoms with Gasteiger partial charge in [0, 0.05) is 20.6 Å². The van der Waals surface area contributed by atoms with Crippen LogP contribution in [-0.2, 0) is 46.7 Å². The first-order valence-electron chi connectivity index (χ1n) is 13.1. The Labute approximate surface area is 234 Å². The van der Waals surface area contributed by atoms with Crippen LogP contribution in [0.1, 0.15) is 26.3 Å². The highest BCUT2D eigenvalue weighted by atomic mass is 16.6. The fraction of sp³-hybridized carbons (Fsp3) is 0.571. The van der Waals surface area contributed by atoms with Crippen molar-refractivity contribution in [2.45, 2.75) is 38.8 Å². The molecule has 2 aromatic rings. The number of amides is 1. The fourth-order valence-electron chi connectivity index (χ4n) is 3.50. The third kappa shape index (κ3) is 11.8. The molecule has 0 fully saturated rings. The van der Waals surface area contributed by atoms with E-state index in [-0.39, 0.29) is 18.6 Å². The first-order chi connectivity index (χ1) is 19.2. The predicted molar refractivity (Wildman–Crippen MR) is 147 cm³/mol. The van der Waals surface area contributed by atoms with E-state index >= 15 is 0 Å². The van der Waals surface area contributed by atoms with Crippen LogP contribution in [0.3, 0.4) is 0 Å². The van der Waals surface area contributed by atoms with E-state index in [0.29, 0.717) is 69.5 Å². The summed E-state index contributed by atoms with van der Waals surface area (Å²) in [4.78, 5) is 36.5. The minimum Gasteiger partial charge on any atom is -0.489 e. The molecule has 222 valence electrons. The molecule has 0 aliphatic rings. The second-order valence-corrected chi connectivity index (χ2v) is 9.76. The van der Waals surface area contributed by atoms with Crippen LogP contribution < -0.4 is 15.6 Å². The second kappa shape index (κ2) is 17.4. The van der Waals surface area contributed by atoms with Crippen LogP contribution in [0.15, 0.2) is 35.3 Å². The number of benzene rings is 1. The minimum absolute atomic E-state index is 0.217. The summed E-state index contributed by atoms with van der Waals surface area (Å²) in [6, 6.07) is 6.26. The van der Waals surface area contributed by atoms with Gasteiger partial charge in [-0.05, 0) is 31.9 Å². The Balaban J connectivity index is 1.93. The van der Waals surface area contributed by atoms with Crippen molar-refractivity contribution >= 4 is 12.4 Å². The molecule has 1 aromatic carbocycles. The molecule has 0 bridgehead atoms. The van der Waals surface area contributed by atoms with Crippen LogP contribution in [0, 0.1) is 0 Å². The van der Waals surface area contributed by atoms with Crippen molar-refractivity contribution in [3.63, 3.8) is 0 Å². The van der Waals surface area contributed by atoms with E-state index in [1.807, 2.05) is 0 Å². The zero-order chi connectivity index (χ0) is 29.4. The highest BCUT2D eigenvalue weighted by Crippen LogP contribution is 2.26. The van der Waals surface area contributed by atoms with Crippen molar-refractivity contribution in [1.82, 2.24) is 15.1 Å². The van der Waals surface area contributed by atoms with Crippen LogP contribution in [0.25, 0.3) is 11.1 Å². The third-order valence-electron chi connectivity index (χ3n) is 5.41. The molecule has 1 atom stereocenters. The maximum Gasteiger partial charge on any atom is 0.329 e. The molecule has 0 saturated heterocycles. The Morgan fingerprint density at radius 1 is 0.975 bits per heavy atom. The third-order valence-corrected chi connectivity index (χ3v) is 5.41. The van der Waals surface area contributed by atoms with Crippen molar-refractivity contribution in [1.29, 1.82) is 0 Å². The van der Waals surface area contributed by atoms with Gasteiger partial charge in [-0.3, -0.25) is 9.59 Å². The predicted octanol–water partition coefficient (Wildman–Crippen LogP) is 1.52. The van der Waals surface area contributed by atoms with Crippen molar-refractivity contribution < 1.29 is 38.0 Å². The lowest BCUT2D eigenvalue weighted by Crippen LogP contribution is -2.42. The number of aryl methyl sites for hydroxylation is 1. The molecule has 1 aromatic heterocycles. The highest BCUT2D eigenvalue weighted by molar-refractivity contribution is 5.79. The maximum atomic E-state index is 12.9. The lowest BCUT2D eigenvalue weighted by Gasteiger charge is -2.23. The molecule has 1 heterocycles. The number of carbonyl (C=O) groups excluding carboxylic acids is 2. The summed E-state index contributed by atoms with van der Waals surface area (Å²) >= 11 is 0. The van der Waals surface area contributed by atoms with Gasteiger partial charge in [0.1, 0.15) is 18.2 Å². The van der Waals surface area contributed by atoms with Gasteiger partial charge in [-0.1, -0.05) is 24.3 Å². The zero-order valence-electron chi connectivity index (χ0n) is 24.0. The Kier molecular flexibility index (Phi) is 14.3. The van der Waals surface area contributed by atoms with E-state index in [0.717, 1.165) is 5.56 Å². The van der Waals surface area contributed by atoms with Gasteiger partial charge in [-0.2, -0.15) is 5.10 Å². The van der Waals surface area contributed by atoms with Crippen molar-refractivity contribution in [3.05, 3.63) is 46.4 Å². The number of nitrogens with one attached hydrogen (secondary N) is 1. The monoisotopic (exact) mass is 563 g/mol. The molecule has 0 aliphatic heterocycles. The molecule has 12 heteroatoms. The Morgan fingerprint density at radius 3 is 2.10 bits per heavy atom. The van der Waals surface area contributed by atoms with E-state index in [1.54, 1.807) is 59.2 Å². The van der Waals surface area contributed by atoms with Gasteiger partial charge in [-0.15, -0.1) is 0 Å². The molecule has 12 nitrogen and oxygen atoms in total. The normalized spacial score (nSPS) is 12.1. The van der Waals surface area contributed by atoms with E-state index in [4.69, 9.17) is 28.4 Å². The number of rotatable bonds is 19. The number of esters is 1. The lowest BCUT2D eigenvalue weighted by molar-refractivity contribution is -0.158. The van der Waals surface area contributed by atoms with E-state index in [2.05, 4.69) is 10.4 Å². The summed E-state index contributed by atoms with van der Waals surface area (Å²) in [5.41, 5.74) is 0.761. The molecule has 2 rings (SSSR count). The molecule has 1 N–H and O–H groups in total. The van der Waals surface area contributed by atoms with Crippen molar-refractivity contribution in [2.24, 2.45) is 7.05 Å². The van der Waals surface area contributed by atoms with E-state index < -0.39 is 17.6 Å². The van der Waals surface area contributed by atoms with Crippen LogP contribution in [0.2, 0.25) is 0 Å². The summed E-state index contributed by atoms with van der Waals surface area (Å²) in [6.45, 7) is 8.67. The standard InChI is InChI=1S/C28H41N3O9/c1-28(2,3)40-27(34)23(29-20-32)18-21-6-8-22(9-7-21)25-24(19-30-31(4)26(25)33)39-17-16-38-15-14-37-13-12-36-11-10-35-5/h6-9,19-20,23H,10-18H2,1-5H3,(H,29,32). The van der Waals surface area contributed by atoms with Gasteiger partial charge in [-0.25, -0.2) is 9.48 Å². The smallest absolute Gasteiger partial charge is 0.329 e. The van der Waals surface area contributed by atoms with Crippen molar-refractivity contribution in [2.75, 3.05) is 60.0 Å². The number of nitrogens with zero attached hydrogens (tertiary/aromatic N) is 2. The molecule has 0 saturated carbocycles. The average molecular weight is 564 g/mol. The zero-order valence-corrected chi connectivity index (χ0v) is 24.0. The quantitative estimate of drug-likeness (QED) is 0.152. The molecule has 1 amide bonds. The van der Waals surface area contributed by atoms with Gasteiger partial charge < -0.3 is 33.7 Å². The van der Waals surface area contributed by atoms with E-state index in [9.17, 15) is 14.4 Å². The average Bonchev–Trinajstić information content (AvgIpc) is 2.90. The Bertz CT molecular complexity index is 1100.